The van der Waals surface area contributed by atoms with Gasteiger partial charge in [0.15, 0.2) is 6.04 Å². The minimum atomic E-state index is -1.31. The zero-order valence-corrected chi connectivity index (χ0v) is 14.5. The zero-order chi connectivity index (χ0) is 18.7. The third-order valence-electron chi connectivity index (χ3n) is 4.75. The van der Waals surface area contributed by atoms with Gasteiger partial charge < -0.3 is 14.9 Å². The van der Waals surface area contributed by atoms with Gasteiger partial charge in [0.1, 0.15) is 6.61 Å². The van der Waals surface area contributed by atoms with Crippen molar-refractivity contribution in [1.29, 1.82) is 0 Å². The number of aliphatic carboxylic acids is 1. The third kappa shape index (κ3) is 3.15. The standard InChI is InChI=1S/C20H21NO5/c1-2-21(18(11-22)19(23)24)20(25)26-12-17-15-9-5-3-7-13(15)14-8-4-6-10-16(14)17/h3-10,17-18,22H,2,11-12H2,1H3,(H,23,24). The summed E-state index contributed by atoms with van der Waals surface area (Å²) >= 11 is 0. The normalized spacial score (nSPS) is 13.6. The second-order valence-electron chi connectivity index (χ2n) is 6.13. The van der Waals surface area contributed by atoms with E-state index in [4.69, 9.17) is 9.84 Å². The molecule has 6 heteroatoms. The van der Waals surface area contributed by atoms with Crippen LogP contribution in [0.25, 0.3) is 11.1 Å². The number of carboxylic acids is 1. The van der Waals surface area contributed by atoms with Crippen molar-refractivity contribution in [3.8, 4) is 11.1 Å². The fourth-order valence-corrected chi connectivity index (χ4v) is 3.46. The van der Waals surface area contributed by atoms with Crippen LogP contribution in [0.5, 0.6) is 0 Å². The van der Waals surface area contributed by atoms with Gasteiger partial charge in [0, 0.05) is 12.5 Å². The monoisotopic (exact) mass is 355 g/mol. The lowest BCUT2D eigenvalue weighted by molar-refractivity contribution is -0.144. The van der Waals surface area contributed by atoms with Gasteiger partial charge in [-0.25, -0.2) is 9.59 Å². The van der Waals surface area contributed by atoms with Crippen LogP contribution in [0.3, 0.4) is 0 Å². The van der Waals surface area contributed by atoms with Gasteiger partial charge in [-0.3, -0.25) is 4.90 Å². The molecule has 2 aromatic carbocycles. The fraction of sp³-hybridized carbons (Fsp3) is 0.300. The summed E-state index contributed by atoms with van der Waals surface area (Å²) in [5.41, 5.74) is 4.41. The van der Waals surface area contributed by atoms with Gasteiger partial charge in [-0.2, -0.15) is 0 Å². The molecule has 3 rings (SSSR count). The molecule has 0 saturated carbocycles. The summed E-state index contributed by atoms with van der Waals surface area (Å²) in [6, 6.07) is 14.6. The van der Waals surface area contributed by atoms with E-state index in [9.17, 15) is 14.7 Å². The average molecular weight is 355 g/mol. The molecule has 0 spiro atoms. The predicted octanol–water partition coefficient (Wildman–Crippen LogP) is 2.70. The van der Waals surface area contributed by atoms with Crippen LogP contribution in [0.2, 0.25) is 0 Å². The molecule has 0 radical (unpaired) electrons. The number of amides is 1. The van der Waals surface area contributed by atoms with Crippen LogP contribution in [0.15, 0.2) is 48.5 Å². The Morgan fingerprint density at radius 1 is 1.08 bits per heavy atom. The van der Waals surface area contributed by atoms with Gasteiger partial charge in [-0.05, 0) is 29.2 Å². The number of ether oxygens (including phenoxy) is 1. The fourth-order valence-electron chi connectivity index (χ4n) is 3.46. The summed E-state index contributed by atoms with van der Waals surface area (Å²) in [6.45, 7) is 1.23. The number of hydrogen-bond acceptors (Lipinski definition) is 4. The molecule has 0 fully saturated rings. The van der Waals surface area contributed by atoms with Crippen molar-refractivity contribution in [2.45, 2.75) is 18.9 Å². The van der Waals surface area contributed by atoms with Crippen molar-refractivity contribution in [3.63, 3.8) is 0 Å². The summed E-state index contributed by atoms with van der Waals surface area (Å²) in [5.74, 6) is -1.36. The number of carbonyl (C=O) groups excluding carboxylic acids is 1. The molecule has 0 bridgehead atoms. The highest BCUT2D eigenvalue weighted by Gasteiger charge is 2.32. The van der Waals surface area contributed by atoms with E-state index in [-0.39, 0.29) is 19.1 Å². The van der Waals surface area contributed by atoms with Crippen molar-refractivity contribution in [2.75, 3.05) is 19.8 Å². The van der Waals surface area contributed by atoms with Gasteiger partial charge in [-0.1, -0.05) is 48.5 Å². The molecule has 0 saturated heterocycles. The Bertz CT molecular complexity index is 774. The Labute approximate surface area is 151 Å². The number of benzene rings is 2. The molecule has 1 unspecified atom stereocenters. The van der Waals surface area contributed by atoms with E-state index in [0.717, 1.165) is 27.2 Å². The molecule has 0 heterocycles. The number of fused-ring (bicyclic) bond motifs is 3. The smallest absolute Gasteiger partial charge is 0.410 e. The number of aliphatic hydroxyl groups is 1. The summed E-state index contributed by atoms with van der Waals surface area (Å²) in [6.07, 6.45) is -0.740. The van der Waals surface area contributed by atoms with Gasteiger partial charge >= 0.3 is 12.1 Å². The Morgan fingerprint density at radius 2 is 1.62 bits per heavy atom. The second-order valence-corrected chi connectivity index (χ2v) is 6.13. The third-order valence-corrected chi connectivity index (χ3v) is 4.75. The van der Waals surface area contributed by atoms with Gasteiger partial charge in [-0.15, -0.1) is 0 Å². The molecule has 2 N–H and O–H groups in total. The maximum Gasteiger partial charge on any atom is 0.410 e. The largest absolute Gasteiger partial charge is 0.480 e. The summed E-state index contributed by atoms with van der Waals surface area (Å²) in [7, 11) is 0. The molecule has 1 amide bonds. The lowest BCUT2D eigenvalue weighted by Gasteiger charge is -2.26. The first-order valence-corrected chi connectivity index (χ1v) is 8.53. The number of rotatable bonds is 6. The predicted molar refractivity (Wildman–Crippen MR) is 96.0 cm³/mol. The molecule has 0 aliphatic heterocycles. The van der Waals surface area contributed by atoms with Crippen LogP contribution in [-0.2, 0) is 9.53 Å². The first-order chi connectivity index (χ1) is 12.6. The lowest BCUT2D eigenvalue weighted by atomic mass is 9.98. The number of aliphatic hydroxyl groups excluding tert-OH is 1. The summed E-state index contributed by atoms with van der Waals surface area (Å²) in [5, 5.41) is 18.4. The number of carbonyl (C=O) groups is 2. The second kappa shape index (κ2) is 7.58. The first kappa shape index (κ1) is 17.9. The zero-order valence-electron chi connectivity index (χ0n) is 14.5. The average Bonchev–Trinajstić information content (AvgIpc) is 2.97. The van der Waals surface area contributed by atoms with Crippen molar-refractivity contribution in [3.05, 3.63) is 59.7 Å². The Kier molecular flexibility index (Phi) is 5.23. The quantitative estimate of drug-likeness (QED) is 0.832. The van der Waals surface area contributed by atoms with Crippen LogP contribution >= 0.6 is 0 Å². The highest BCUT2D eigenvalue weighted by atomic mass is 16.6. The van der Waals surface area contributed by atoms with E-state index in [1.807, 2.05) is 48.5 Å². The van der Waals surface area contributed by atoms with Crippen molar-refractivity contribution in [2.24, 2.45) is 0 Å². The SMILES string of the molecule is CCN(C(=O)OCC1c2ccccc2-c2ccccc21)C(CO)C(=O)O. The Balaban J connectivity index is 1.79. The van der Waals surface area contributed by atoms with E-state index < -0.39 is 24.7 Å². The van der Waals surface area contributed by atoms with Gasteiger partial charge in [0.05, 0.1) is 6.61 Å². The molecule has 2 aromatic rings. The van der Waals surface area contributed by atoms with Crippen molar-refractivity contribution in [1.82, 2.24) is 4.90 Å². The van der Waals surface area contributed by atoms with Crippen LogP contribution in [-0.4, -0.2) is 53.0 Å². The van der Waals surface area contributed by atoms with E-state index in [1.165, 1.54) is 0 Å². The summed E-state index contributed by atoms with van der Waals surface area (Å²) < 4.78 is 5.44. The number of nitrogens with zero attached hydrogens (tertiary/aromatic N) is 1. The molecule has 6 nitrogen and oxygen atoms in total. The lowest BCUT2D eigenvalue weighted by Crippen LogP contribution is -2.47. The summed E-state index contributed by atoms with van der Waals surface area (Å²) in [4.78, 5) is 24.6. The molecule has 1 aliphatic rings. The highest BCUT2D eigenvalue weighted by molar-refractivity contribution is 5.81. The van der Waals surface area contributed by atoms with E-state index in [1.54, 1.807) is 6.92 Å². The molecule has 26 heavy (non-hydrogen) atoms. The van der Waals surface area contributed by atoms with Crippen LogP contribution in [0, 0.1) is 0 Å². The van der Waals surface area contributed by atoms with E-state index in [0.29, 0.717) is 0 Å². The minimum Gasteiger partial charge on any atom is -0.480 e. The molecular weight excluding hydrogens is 334 g/mol. The number of hydrogen-bond donors (Lipinski definition) is 2. The van der Waals surface area contributed by atoms with E-state index in [2.05, 4.69) is 0 Å². The topological polar surface area (TPSA) is 87.1 Å². The van der Waals surface area contributed by atoms with Gasteiger partial charge in [0.2, 0.25) is 0 Å². The maximum atomic E-state index is 12.4. The van der Waals surface area contributed by atoms with Crippen molar-refractivity contribution >= 4 is 12.1 Å². The molecule has 136 valence electrons. The van der Waals surface area contributed by atoms with Crippen LogP contribution in [0.4, 0.5) is 4.79 Å². The number of carboxylic acid groups (broad SMARTS) is 1. The molecule has 0 aromatic heterocycles. The first-order valence-electron chi connectivity index (χ1n) is 8.53. The minimum absolute atomic E-state index is 0.0949. The van der Waals surface area contributed by atoms with Crippen LogP contribution < -0.4 is 0 Å². The van der Waals surface area contributed by atoms with Crippen LogP contribution in [0.1, 0.15) is 24.0 Å². The molecular formula is C20H21NO5. The Morgan fingerprint density at radius 3 is 2.08 bits per heavy atom. The Hall–Kier alpha value is -2.86. The number of likely N-dealkylation sites (N-methyl/N-ethyl adjacent to an activating group) is 1. The van der Waals surface area contributed by atoms with Crippen molar-refractivity contribution < 1.29 is 24.5 Å². The van der Waals surface area contributed by atoms with Gasteiger partial charge in [0.25, 0.3) is 0 Å². The molecule has 1 atom stereocenters. The van der Waals surface area contributed by atoms with E-state index >= 15 is 0 Å². The highest BCUT2D eigenvalue weighted by Crippen LogP contribution is 2.44. The maximum absolute atomic E-state index is 12.4. The molecule has 1 aliphatic carbocycles.